The molecular formula is C18H10Br2O4. The molecule has 4 nitrogen and oxygen atoms in total. The van der Waals surface area contributed by atoms with Gasteiger partial charge in [-0.25, -0.2) is 4.79 Å². The molecule has 0 bridgehead atoms. The van der Waals surface area contributed by atoms with Crippen LogP contribution in [0.3, 0.4) is 0 Å². The van der Waals surface area contributed by atoms with Gasteiger partial charge >= 0.3 is 5.97 Å². The molecule has 0 fully saturated rings. The number of ether oxygens (including phenoxy) is 3. The van der Waals surface area contributed by atoms with Crippen LogP contribution in [0.25, 0.3) is 11.8 Å². The second kappa shape index (κ2) is 6.11. The Kier molecular flexibility index (Phi) is 3.94. The fraction of sp³-hybridized carbons (Fsp3) is 0.0556. The van der Waals surface area contributed by atoms with Gasteiger partial charge in [-0.2, -0.15) is 0 Å². The molecule has 0 N–H and O–H groups in total. The lowest BCUT2D eigenvalue weighted by Gasteiger charge is -2.02. The lowest BCUT2D eigenvalue weighted by atomic mass is 10.1. The first kappa shape index (κ1) is 15.5. The lowest BCUT2D eigenvalue weighted by molar-refractivity contribution is -0.130. The van der Waals surface area contributed by atoms with Crippen molar-refractivity contribution in [3.63, 3.8) is 0 Å². The number of fused-ring (bicyclic) bond motifs is 1. The van der Waals surface area contributed by atoms with Gasteiger partial charge < -0.3 is 14.2 Å². The Hall–Kier alpha value is -2.05. The molecule has 2 heterocycles. The summed E-state index contributed by atoms with van der Waals surface area (Å²) < 4.78 is 17.9. The van der Waals surface area contributed by atoms with Crippen LogP contribution in [0.15, 0.2) is 57.0 Å². The van der Waals surface area contributed by atoms with Crippen LogP contribution in [0, 0.1) is 0 Å². The number of rotatable bonds is 2. The largest absolute Gasteiger partial charge is 0.454 e. The van der Waals surface area contributed by atoms with E-state index in [0.717, 1.165) is 20.1 Å². The highest BCUT2D eigenvalue weighted by Gasteiger charge is 2.23. The van der Waals surface area contributed by atoms with E-state index in [0.29, 0.717) is 22.8 Å². The fourth-order valence-corrected chi connectivity index (χ4v) is 3.16. The summed E-state index contributed by atoms with van der Waals surface area (Å²) in [7, 11) is 0. The molecule has 120 valence electrons. The van der Waals surface area contributed by atoms with Gasteiger partial charge in [0.2, 0.25) is 6.79 Å². The summed E-state index contributed by atoms with van der Waals surface area (Å²) in [5.41, 5.74) is 2.15. The average molecular weight is 450 g/mol. The van der Waals surface area contributed by atoms with Crippen molar-refractivity contribution >= 4 is 49.7 Å². The molecule has 0 saturated heterocycles. The SMILES string of the molecule is O=C1OC(c2ccc(Br)cc2)=C/C1=C/c1cc2c(cc1Br)OCO2. The molecular weight excluding hydrogens is 440 g/mol. The Bertz CT molecular complexity index is 898. The summed E-state index contributed by atoms with van der Waals surface area (Å²) in [6.45, 7) is 0.206. The van der Waals surface area contributed by atoms with Crippen molar-refractivity contribution in [2.45, 2.75) is 0 Å². The number of benzene rings is 2. The zero-order valence-corrected chi connectivity index (χ0v) is 15.4. The van der Waals surface area contributed by atoms with E-state index in [4.69, 9.17) is 14.2 Å². The van der Waals surface area contributed by atoms with E-state index in [2.05, 4.69) is 31.9 Å². The zero-order chi connectivity index (χ0) is 16.7. The summed E-state index contributed by atoms with van der Waals surface area (Å²) in [5.74, 6) is 1.51. The Morgan fingerprint density at radius 2 is 1.71 bits per heavy atom. The minimum Gasteiger partial charge on any atom is -0.454 e. The number of carbonyl (C=O) groups is 1. The van der Waals surface area contributed by atoms with Gasteiger partial charge in [-0.1, -0.05) is 44.0 Å². The van der Waals surface area contributed by atoms with E-state index < -0.39 is 0 Å². The maximum absolute atomic E-state index is 12.2. The van der Waals surface area contributed by atoms with Crippen molar-refractivity contribution in [1.82, 2.24) is 0 Å². The summed E-state index contributed by atoms with van der Waals surface area (Å²) in [5, 5.41) is 0. The average Bonchev–Trinajstić information content (AvgIpc) is 3.15. The van der Waals surface area contributed by atoms with Crippen LogP contribution in [0.2, 0.25) is 0 Å². The van der Waals surface area contributed by atoms with E-state index in [9.17, 15) is 4.79 Å². The predicted molar refractivity (Wildman–Crippen MR) is 96.5 cm³/mol. The number of hydrogen-bond acceptors (Lipinski definition) is 4. The minimum atomic E-state index is -0.377. The highest BCUT2D eigenvalue weighted by atomic mass is 79.9. The van der Waals surface area contributed by atoms with E-state index in [1.807, 2.05) is 36.4 Å². The molecule has 0 aromatic heterocycles. The molecule has 0 saturated carbocycles. The number of halogens is 2. The normalized spacial score (nSPS) is 17.2. The second-order valence-electron chi connectivity index (χ2n) is 5.23. The Labute approximate surface area is 155 Å². The second-order valence-corrected chi connectivity index (χ2v) is 7.00. The lowest BCUT2D eigenvalue weighted by Crippen LogP contribution is -1.97. The van der Waals surface area contributed by atoms with Crippen LogP contribution in [0.1, 0.15) is 11.1 Å². The van der Waals surface area contributed by atoms with Gasteiger partial charge in [0.1, 0.15) is 5.76 Å². The number of cyclic esters (lactones) is 1. The smallest absolute Gasteiger partial charge is 0.343 e. The molecule has 2 aliphatic rings. The Morgan fingerprint density at radius 3 is 2.46 bits per heavy atom. The summed E-state index contributed by atoms with van der Waals surface area (Å²) in [6.07, 6.45) is 3.50. The number of esters is 1. The van der Waals surface area contributed by atoms with E-state index in [1.54, 1.807) is 12.2 Å². The molecule has 0 aliphatic carbocycles. The van der Waals surface area contributed by atoms with Crippen LogP contribution in [0.5, 0.6) is 11.5 Å². The summed E-state index contributed by atoms with van der Waals surface area (Å²) >= 11 is 6.88. The monoisotopic (exact) mass is 448 g/mol. The van der Waals surface area contributed by atoms with Crippen molar-refractivity contribution in [2.24, 2.45) is 0 Å². The third-order valence-corrected chi connectivity index (χ3v) is 4.87. The molecule has 6 heteroatoms. The van der Waals surface area contributed by atoms with Crippen LogP contribution < -0.4 is 9.47 Å². The van der Waals surface area contributed by atoms with Gasteiger partial charge in [0, 0.05) is 14.5 Å². The Balaban J connectivity index is 1.70. The van der Waals surface area contributed by atoms with E-state index in [-0.39, 0.29) is 12.8 Å². The maximum atomic E-state index is 12.2. The number of hydrogen-bond donors (Lipinski definition) is 0. The summed E-state index contributed by atoms with van der Waals surface area (Å²) in [6, 6.07) is 11.2. The molecule has 24 heavy (non-hydrogen) atoms. The minimum absolute atomic E-state index is 0.206. The first-order valence-corrected chi connectivity index (χ1v) is 8.69. The molecule has 2 aromatic carbocycles. The van der Waals surface area contributed by atoms with Crippen molar-refractivity contribution < 1.29 is 19.0 Å². The van der Waals surface area contributed by atoms with E-state index >= 15 is 0 Å². The van der Waals surface area contributed by atoms with Crippen LogP contribution in [0.4, 0.5) is 0 Å². The maximum Gasteiger partial charge on any atom is 0.343 e. The van der Waals surface area contributed by atoms with Crippen LogP contribution >= 0.6 is 31.9 Å². The van der Waals surface area contributed by atoms with Gasteiger partial charge in [-0.05, 0) is 42.0 Å². The standard InChI is InChI=1S/C18H10Br2O4/c19-13-3-1-10(2-4-13)15-7-12(18(21)24-15)5-11-6-16-17(8-14(11)20)23-9-22-16/h1-8H,9H2/b12-5-. The first-order valence-electron chi connectivity index (χ1n) is 7.11. The molecule has 0 unspecified atom stereocenters. The van der Waals surface area contributed by atoms with Crippen molar-refractivity contribution in [2.75, 3.05) is 6.79 Å². The van der Waals surface area contributed by atoms with Crippen LogP contribution in [-0.4, -0.2) is 12.8 Å². The summed E-state index contributed by atoms with van der Waals surface area (Å²) in [4.78, 5) is 12.2. The third kappa shape index (κ3) is 2.87. The quantitative estimate of drug-likeness (QED) is 0.482. The Morgan fingerprint density at radius 1 is 1.00 bits per heavy atom. The third-order valence-electron chi connectivity index (χ3n) is 3.66. The zero-order valence-electron chi connectivity index (χ0n) is 12.2. The number of carbonyl (C=O) groups excluding carboxylic acids is 1. The van der Waals surface area contributed by atoms with Crippen molar-refractivity contribution in [3.05, 3.63) is 68.1 Å². The molecule has 0 spiro atoms. The highest BCUT2D eigenvalue weighted by molar-refractivity contribution is 9.10. The highest BCUT2D eigenvalue weighted by Crippen LogP contribution is 2.38. The molecule has 0 amide bonds. The van der Waals surface area contributed by atoms with Crippen LogP contribution in [-0.2, 0) is 9.53 Å². The molecule has 4 rings (SSSR count). The van der Waals surface area contributed by atoms with Gasteiger partial charge in [0.15, 0.2) is 11.5 Å². The topological polar surface area (TPSA) is 44.8 Å². The molecule has 0 atom stereocenters. The van der Waals surface area contributed by atoms with Crippen molar-refractivity contribution in [1.29, 1.82) is 0 Å². The van der Waals surface area contributed by atoms with E-state index in [1.165, 1.54) is 0 Å². The molecule has 2 aliphatic heterocycles. The first-order chi connectivity index (χ1) is 11.6. The molecule has 0 radical (unpaired) electrons. The van der Waals surface area contributed by atoms with Gasteiger partial charge in [0.25, 0.3) is 0 Å². The fourth-order valence-electron chi connectivity index (χ4n) is 2.46. The predicted octanol–water partition coefficient (Wildman–Crippen LogP) is 4.92. The van der Waals surface area contributed by atoms with Crippen molar-refractivity contribution in [3.8, 4) is 11.5 Å². The molecule has 2 aromatic rings. The van der Waals surface area contributed by atoms with Gasteiger partial charge in [-0.15, -0.1) is 0 Å². The van der Waals surface area contributed by atoms with Gasteiger partial charge in [0.05, 0.1) is 5.57 Å². The van der Waals surface area contributed by atoms with Gasteiger partial charge in [-0.3, -0.25) is 0 Å².